The molecule has 2 aromatic rings. The number of rotatable bonds is 7. The van der Waals surface area contributed by atoms with Gasteiger partial charge in [0.2, 0.25) is 5.91 Å². The van der Waals surface area contributed by atoms with Gasteiger partial charge in [-0.25, -0.2) is 0 Å². The second-order valence-electron chi connectivity index (χ2n) is 6.58. The Hall–Kier alpha value is -2.02. The SMILES string of the molecule is CCC(C)(C)NC(=O)C(C)Sc1nnc(-c2ccc(OC)cc2)n1C. The fraction of sp³-hybridized carbons (Fsp3) is 0.500. The molecule has 1 unspecified atom stereocenters. The van der Waals surface area contributed by atoms with Gasteiger partial charge in [0, 0.05) is 18.2 Å². The van der Waals surface area contributed by atoms with E-state index in [4.69, 9.17) is 4.74 Å². The van der Waals surface area contributed by atoms with Crippen molar-refractivity contribution in [3.05, 3.63) is 24.3 Å². The first-order chi connectivity index (χ1) is 11.8. The predicted octanol–water partition coefficient (Wildman–Crippen LogP) is 3.28. The lowest BCUT2D eigenvalue weighted by atomic mass is 10.0. The first-order valence-electron chi connectivity index (χ1n) is 8.30. The number of ether oxygens (including phenoxy) is 1. The third kappa shape index (κ3) is 4.75. The number of methoxy groups -OCH3 is 1. The lowest BCUT2D eigenvalue weighted by molar-refractivity contribution is -0.121. The van der Waals surface area contributed by atoms with Gasteiger partial charge in [0.15, 0.2) is 11.0 Å². The Morgan fingerprint density at radius 3 is 2.52 bits per heavy atom. The predicted molar refractivity (Wildman–Crippen MR) is 101 cm³/mol. The molecule has 25 heavy (non-hydrogen) atoms. The molecule has 0 fully saturated rings. The summed E-state index contributed by atoms with van der Waals surface area (Å²) in [5, 5.41) is 12.0. The summed E-state index contributed by atoms with van der Waals surface area (Å²) in [5.41, 5.74) is 0.743. The van der Waals surface area contributed by atoms with Gasteiger partial charge in [-0.15, -0.1) is 10.2 Å². The highest BCUT2D eigenvalue weighted by molar-refractivity contribution is 8.00. The normalized spacial score (nSPS) is 12.7. The quantitative estimate of drug-likeness (QED) is 0.766. The molecule has 0 bridgehead atoms. The third-order valence-electron chi connectivity index (χ3n) is 4.18. The molecule has 6 nitrogen and oxygen atoms in total. The lowest BCUT2D eigenvalue weighted by Gasteiger charge is -2.26. The average Bonchev–Trinajstić information content (AvgIpc) is 2.95. The van der Waals surface area contributed by atoms with Crippen molar-refractivity contribution in [2.24, 2.45) is 7.05 Å². The number of carbonyl (C=O) groups is 1. The average molecular weight is 362 g/mol. The highest BCUT2D eigenvalue weighted by Gasteiger charge is 2.24. The van der Waals surface area contributed by atoms with Crippen LogP contribution in [0.1, 0.15) is 34.1 Å². The van der Waals surface area contributed by atoms with Crippen LogP contribution < -0.4 is 10.1 Å². The molecule has 1 amide bonds. The van der Waals surface area contributed by atoms with Gasteiger partial charge in [-0.05, 0) is 51.5 Å². The van der Waals surface area contributed by atoms with Crippen LogP contribution in [0, 0.1) is 0 Å². The number of aromatic nitrogens is 3. The zero-order valence-corrected chi connectivity index (χ0v) is 16.5. The van der Waals surface area contributed by atoms with Crippen molar-refractivity contribution in [2.75, 3.05) is 7.11 Å². The first kappa shape index (κ1) is 19.3. The van der Waals surface area contributed by atoms with Gasteiger partial charge < -0.3 is 14.6 Å². The lowest BCUT2D eigenvalue weighted by Crippen LogP contribution is -2.46. The molecule has 7 heteroatoms. The van der Waals surface area contributed by atoms with Crippen molar-refractivity contribution < 1.29 is 9.53 Å². The van der Waals surface area contributed by atoms with E-state index >= 15 is 0 Å². The zero-order valence-electron chi connectivity index (χ0n) is 15.7. The molecule has 0 aliphatic carbocycles. The highest BCUT2D eigenvalue weighted by atomic mass is 32.2. The molecule has 0 spiro atoms. The van der Waals surface area contributed by atoms with Crippen LogP contribution in [-0.4, -0.2) is 38.6 Å². The Morgan fingerprint density at radius 1 is 1.32 bits per heavy atom. The third-order valence-corrected chi connectivity index (χ3v) is 5.31. The van der Waals surface area contributed by atoms with Crippen molar-refractivity contribution in [1.29, 1.82) is 0 Å². The van der Waals surface area contributed by atoms with Crippen molar-refractivity contribution in [3.8, 4) is 17.1 Å². The van der Waals surface area contributed by atoms with Crippen LogP contribution in [0.3, 0.4) is 0 Å². The number of nitrogens with one attached hydrogen (secondary N) is 1. The Labute approximate surface area is 153 Å². The van der Waals surface area contributed by atoms with E-state index in [9.17, 15) is 4.79 Å². The summed E-state index contributed by atoms with van der Waals surface area (Å²) in [7, 11) is 3.54. The second kappa shape index (κ2) is 7.91. The van der Waals surface area contributed by atoms with Crippen molar-refractivity contribution in [3.63, 3.8) is 0 Å². The van der Waals surface area contributed by atoms with E-state index in [0.717, 1.165) is 23.6 Å². The number of nitrogens with zero attached hydrogens (tertiary/aromatic N) is 3. The summed E-state index contributed by atoms with van der Waals surface area (Å²) in [6.45, 7) is 7.98. The molecule has 0 saturated heterocycles. The largest absolute Gasteiger partial charge is 0.497 e. The Bertz CT molecular complexity index is 725. The molecular formula is C18H26N4O2S. The van der Waals surface area contributed by atoms with Gasteiger partial charge >= 0.3 is 0 Å². The van der Waals surface area contributed by atoms with Gasteiger partial charge in [0.25, 0.3) is 0 Å². The summed E-state index contributed by atoms with van der Waals surface area (Å²) in [6.07, 6.45) is 0.877. The van der Waals surface area contributed by atoms with Gasteiger partial charge in [-0.3, -0.25) is 4.79 Å². The standard InChI is InChI=1S/C18H26N4O2S/c1-7-18(3,4)19-16(23)12(2)25-17-21-20-15(22(17)5)13-8-10-14(24-6)11-9-13/h8-12H,7H2,1-6H3,(H,19,23). The van der Waals surface area contributed by atoms with Crippen LogP contribution in [0.5, 0.6) is 5.75 Å². The van der Waals surface area contributed by atoms with E-state index in [-0.39, 0.29) is 16.7 Å². The van der Waals surface area contributed by atoms with E-state index in [1.165, 1.54) is 11.8 Å². The molecule has 1 atom stereocenters. The molecule has 1 heterocycles. The van der Waals surface area contributed by atoms with Crippen LogP contribution in [-0.2, 0) is 11.8 Å². The monoisotopic (exact) mass is 362 g/mol. The molecule has 0 aliphatic rings. The Balaban J connectivity index is 2.11. The number of benzene rings is 1. The van der Waals surface area contributed by atoms with Crippen LogP contribution >= 0.6 is 11.8 Å². The summed E-state index contributed by atoms with van der Waals surface area (Å²) in [5.74, 6) is 1.56. The minimum atomic E-state index is -0.252. The molecule has 0 saturated carbocycles. The fourth-order valence-corrected chi connectivity index (χ4v) is 2.96. The summed E-state index contributed by atoms with van der Waals surface area (Å²) in [4.78, 5) is 12.4. The molecular weight excluding hydrogens is 336 g/mol. The van der Waals surface area contributed by atoms with Crippen LogP contribution in [0.25, 0.3) is 11.4 Å². The van der Waals surface area contributed by atoms with Gasteiger partial charge in [-0.2, -0.15) is 0 Å². The van der Waals surface area contributed by atoms with Gasteiger partial charge in [0.05, 0.1) is 12.4 Å². The summed E-state index contributed by atoms with van der Waals surface area (Å²) in [6, 6.07) is 7.66. The molecule has 1 aromatic carbocycles. The maximum Gasteiger partial charge on any atom is 0.233 e. The minimum Gasteiger partial charge on any atom is -0.497 e. The number of hydrogen-bond acceptors (Lipinski definition) is 5. The number of carbonyl (C=O) groups excluding carboxylic acids is 1. The van der Waals surface area contributed by atoms with Crippen molar-refractivity contribution >= 4 is 17.7 Å². The van der Waals surface area contributed by atoms with Crippen molar-refractivity contribution in [2.45, 2.75) is 50.1 Å². The van der Waals surface area contributed by atoms with Gasteiger partial charge in [0.1, 0.15) is 5.75 Å². The molecule has 1 N–H and O–H groups in total. The highest BCUT2D eigenvalue weighted by Crippen LogP contribution is 2.27. The van der Waals surface area contributed by atoms with E-state index < -0.39 is 0 Å². The van der Waals surface area contributed by atoms with Gasteiger partial charge in [-0.1, -0.05) is 18.7 Å². The smallest absolute Gasteiger partial charge is 0.233 e. The first-order valence-corrected chi connectivity index (χ1v) is 9.18. The number of hydrogen-bond donors (Lipinski definition) is 1. The Morgan fingerprint density at radius 2 is 1.96 bits per heavy atom. The zero-order chi connectivity index (χ0) is 18.6. The molecule has 2 rings (SSSR count). The Kier molecular flexibility index (Phi) is 6.11. The maximum absolute atomic E-state index is 12.4. The molecule has 0 aliphatic heterocycles. The second-order valence-corrected chi connectivity index (χ2v) is 7.89. The fourth-order valence-electron chi connectivity index (χ4n) is 2.14. The molecule has 0 radical (unpaired) electrons. The van der Waals surface area contributed by atoms with Crippen LogP contribution in [0.4, 0.5) is 0 Å². The minimum absolute atomic E-state index is 0.00541. The summed E-state index contributed by atoms with van der Waals surface area (Å²) >= 11 is 1.41. The van der Waals surface area contributed by atoms with Crippen LogP contribution in [0.2, 0.25) is 0 Å². The topological polar surface area (TPSA) is 69.0 Å². The van der Waals surface area contributed by atoms with E-state index in [0.29, 0.717) is 5.16 Å². The van der Waals surface area contributed by atoms with E-state index in [2.05, 4.69) is 22.4 Å². The molecule has 1 aromatic heterocycles. The summed E-state index contributed by atoms with van der Waals surface area (Å²) < 4.78 is 7.08. The molecule has 136 valence electrons. The van der Waals surface area contributed by atoms with E-state index in [1.54, 1.807) is 7.11 Å². The van der Waals surface area contributed by atoms with Crippen LogP contribution in [0.15, 0.2) is 29.4 Å². The van der Waals surface area contributed by atoms with E-state index in [1.807, 2.05) is 56.7 Å². The maximum atomic E-state index is 12.4. The van der Waals surface area contributed by atoms with Crippen molar-refractivity contribution in [1.82, 2.24) is 20.1 Å². The number of amides is 1. The number of thioether (sulfide) groups is 1.